The highest BCUT2D eigenvalue weighted by Crippen LogP contribution is 2.28. The van der Waals surface area contributed by atoms with E-state index in [0.717, 1.165) is 34.7 Å². The number of allylic oxidation sites excluding steroid dienone is 2. The van der Waals surface area contributed by atoms with Gasteiger partial charge in [0.25, 0.3) is 0 Å². The number of hydrogen-bond acceptors (Lipinski definition) is 0. The maximum Gasteiger partial charge on any atom is 0.123 e. The minimum Gasteiger partial charge on any atom is -0.207 e. The fraction of sp³-hybridized carbons (Fsp3) is 0.167. The number of benzene rings is 3. The zero-order chi connectivity index (χ0) is 17.8. The molecule has 0 spiro atoms. The molecule has 3 aromatic carbocycles. The van der Waals surface area contributed by atoms with Gasteiger partial charge in [0, 0.05) is 5.56 Å². The van der Waals surface area contributed by atoms with E-state index in [1.807, 2.05) is 37.3 Å². The second-order valence-corrected chi connectivity index (χ2v) is 6.35. The van der Waals surface area contributed by atoms with Gasteiger partial charge in [0.15, 0.2) is 0 Å². The van der Waals surface area contributed by atoms with Crippen LogP contribution >= 0.6 is 0 Å². The fourth-order valence-corrected chi connectivity index (χ4v) is 3.34. The van der Waals surface area contributed by atoms with Crippen LogP contribution in [0.3, 0.4) is 0 Å². The number of rotatable bonds is 0. The van der Waals surface area contributed by atoms with Crippen LogP contribution in [0.2, 0.25) is 0 Å². The van der Waals surface area contributed by atoms with Gasteiger partial charge in [0.2, 0.25) is 0 Å². The first kappa shape index (κ1) is 17.0. The van der Waals surface area contributed by atoms with Crippen LogP contribution < -0.4 is 0 Å². The first-order valence-electron chi connectivity index (χ1n) is 8.50. The van der Waals surface area contributed by atoms with Crippen LogP contribution in [0.25, 0.3) is 16.3 Å². The van der Waals surface area contributed by atoms with Crippen molar-refractivity contribution in [2.45, 2.75) is 26.7 Å². The van der Waals surface area contributed by atoms with Gasteiger partial charge in [0.1, 0.15) is 5.82 Å². The van der Waals surface area contributed by atoms with Crippen molar-refractivity contribution in [3.63, 3.8) is 0 Å². The molecule has 1 aliphatic rings. The van der Waals surface area contributed by atoms with Crippen molar-refractivity contribution < 1.29 is 4.39 Å². The summed E-state index contributed by atoms with van der Waals surface area (Å²) in [5, 5.41) is 2.09. The highest BCUT2D eigenvalue weighted by molar-refractivity contribution is 5.85. The second kappa shape index (κ2) is 7.36. The minimum atomic E-state index is -0.170. The molecular formula is C24H21F. The third kappa shape index (κ3) is 3.64. The molecule has 0 nitrogen and oxygen atoms in total. The predicted molar refractivity (Wildman–Crippen MR) is 105 cm³/mol. The van der Waals surface area contributed by atoms with Crippen molar-refractivity contribution in [3.8, 4) is 12.3 Å². The van der Waals surface area contributed by atoms with Crippen molar-refractivity contribution in [2.24, 2.45) is 0 Å². The van der Waals surface area contributed by atoms with Crippen LogP contribution in [0.4, 0.5) is 4.39 Å². The van der Waals surface area contributed by atoms with Gasteiger partial charge in [-0.2, -0.15) is 0 Å². The largest absolute Gasteiger partial charge is 0.207 e. The van der Waals surface area contributed by atoms with Crippen molar-refractivity contribution in [2.75, 3.05) is 0 Å². The molecule has 0 unspecified atom stereocenters. The maximum atomic E-state index is 12.8. The molecule has 0 radical (unpaired) electrons. The molecular weight excluding hydrogens is 307 g/mol. The Bertz CT molecular complexity index is 987. The summed E-state index contributed by atoms with van der Waals surface area (Å²) in [6.45, 7) is 4.13. The molecule has 0 saturated carbocycles. The highest BCUT2D eigenvalue weighted by atomic mass is 19.1. The van der Waals surface area contributed by atoms with Crippen LogP contribution in [-0.4, -0.2) is 0 Å². The molecule has 0 N–H and O–H groups in total. The Hall–Kier alpha value is -2.85. The Labute approximate surface area is 149 Å². The van der Waals surface area contributed by atoms with E-state index in [1.54, 1.807) is 12.1 Å². The van der Waals surface area contributed by atoms with Crippen molar-refractivity contribution in [3.05, 3.63) is 88.7 Å². The van der Waals surface area contributed by atoms with Crippen molar-refractivity contribution in [1.29, 1.82) is 0 Å². The first-order chi connectivity index (χ1) is 12.1. The lowest BCUT2D eigenvalue weighted by Gasteiger charge is -2.16. The van der Waals surface area contributed by atoms with Crippen LogP contribution in [0.1, 0.15) is 35.6 Å². The molecule has 0 saturated heterocycles. The Morgan fingerprint density at radius 2 is 1.80 bits per heavy atom. The predicted octanol–water partition coefficient (Wildman–Crippen LogP) is 6.30. The lowest BCUT2D eigenvalue weighted by atomic mass is 9.88. The number of hydrogen-bond donors (Lipinski definition) is 0. The molecule has 0 heterocycles. The monoisotopic (exact) mass is 328 g/mol. The Kier molecular flexibility index (Phi) is 5.00. The number of fused-ring (bicyclic) bond motifs is 2. The fourth-order valence-electron chi connectivity index (χ4n) is 3.34. The first-order valence-corrected chi connectivity index (χ1v) is 8.50. The standard InChI is InChI=1S/C13H12.C11H9F/c1-3-11-7-5-9-12-8-4-6-10(2)13(11)12;1-8-3-2-4-9-5-6-10(12)7-11(8)9/h1,5-7,9H,4,8H2,2H3;2-7H,1H3. The highest BCUT2D eigenvalue weighted by Gasteiger charge is 2.11. The van der Waals surface area contributed by atoms with E-state index in [9.17, 15) is 4.39 Å². The van der Waals surface area contributed by atoms with E-state index in [4.69, 9.17) is 6.42 Å². The summed E-state index contributed by atoms with van der Waals surface area (Å²) in [5.41, 5.74) is 6.17. The van der Waals surface area contributed by atoms with Gasteiger partial charge in [-0.1, -0.05) is 48.4 Å². The summed E-state index contributed by atoms with van der Waals surface area (Å²) in [6.07, 6.45) is 10.00. The van der Waals surface area contributed by atoms with E-state index in [-0.39, 0.29) is 5.82 Å². The third-order valence-corrected chi connectivity index (χ3v) is 4.63. The third-order valence-electron chi connectivity index (χ3n) is 4.63. The molecule has 0 aromatic heterocycles. The van der Waals surface area contributed by atoms with Crippen LogP contribution in [0.5, 0.6) is 0 Å². The van der Waals surface area contributed by atoms with Crippen molar-refractivity contribution in [1.82, 2.24) is 0 Å². The van der Waals surface area contributed by atoms with Gasteiger partial charge >= 0.3 is 0 Å². The second-order valence-electron chi connectivity index (χ2n) is 6.35. The molecule has 25 heavy (non-hydrogen) atoms. The molecule has 4 rings (SSSR count). The molecule has 0 fully saturated rings. The summed E-state index contributed by atoms with van der Waals surface area (Å²) >= 11 is 0. The molecule has 0 atom stereocenters. The lowest BCUT2D eigenvalue weighted by molar-refractivity contribution is 0.629. The maximum absolute atomic E-state index is 12.8. The van der Waals surface area contributed by atoms with Gasteiger partial charge in [-0.15, -0.1) is 6.42 Å². The van der Waals surface area contributed by atoms with Gasteiger partial charge in [-0.3, -0.25) is 0 Å². The average molecular weight is 328 g/mol. The zero-order valence-corrected chi connectivity index (χ0v) is 14.6. The Morgan fingerprint density at radius 1 is 1.00 bits per heavy atom. The van der Waals surface area contributed by atoms with E-state index in [0.29, 0.717) is 0 Å². The smallest absolute Gasteiger partial charge is 0.123 e. The summed E-state index contributed by atoms with van der Waals surface area (Å²) in [7, 11) is 0. The molecule has 124 valence electrons. The molecule has 1 aliphatic carbocycles. The summed E-state index contributed by atoms with van der Waals surface area (Å²) in [6, 6.07) is 17.1. The Balaban J connectivity index is 0.000000146. The molecule has 0 bridgehead atoms. The van der Waals surface area contributed by atoms with E-state index >= 15 is 0 Å². The zero-order valence-electron chi connectivity index (χ0n) is 14.6. The molecule has 3 aromatic rings. The van der Waals surface area contributed by atoms with Crippen LogP contribution in [0, 0.1) is 25.1 Å². The SMILES string of the molecule is C#Cc1cccc2c1C(C)=CCC2.Cc1cccc2ccc(F)cc12. The number of terminal acetylenes is 1. The van der Waals surface area contributed by atoms with Crippen LogP contribution in [-0.2, 0) is 6.42 Å². The molecule has 0 amide bonds. The van der Waals surface area contributed by atoms with E-state index in [2.05, 4.69) is 25.0 Å². The topological polar surface area (TPSA) is 0 Å². The van der Waals surface area contributed by atoms with Gasteiger partial charge in [-0.05, 0) is 77.9 Å². The van der Waals surface area contributed by atoms with Gasteiger partial charge in [-0.25, -0.2) is 4.39 Å². The van der Waals surface area contributed by atoms with Crippen LogP contribution in [0.15, 0.2) is 60.7 Å². The average Bonchev–Trinajstić information content (AvgIpc) is 2.63. The van der Waals surface area contributed by atoms with Crippen molar-refractivity contribution >= 4 is 16.3 Å². The van der Waals surface area contributed by atoms with E-state index < -0.39 is 0 Å². The quantitative estimate of drug-likeness (QED) is 0.424. The normalized spacial score (nSPS) is 12.5. The molecule has 0 aliphatic heterocycles. The lowest BCUT2D eigenvalue weighted by Crippen LogP contribution is -2.00. The summed E-state index contributed by atoms with van der Waals surface area (Å²) < 4.78 is 12.8. The minimum absolute atomic E-state index is 0.170. The number of halogens is 1. The van der Waals surface area contributed by atoms with Gasteiger partial charge < -0.3 is 0 Å². The van der Waals surface area contributed by atoms with E-state index in [1.165, 1.54) is 22.8 Å². The summed E-state index contributed by atoms with van der Waals surface area (Å²) in [5.74, 6) is 2.58. The number of aryl methyl sites for hydroxylation is 2. The molecule has 1 heteroatoms. The van der Waals surface area contributed by atoms with Gasteiger partial charge in [0.05, 0.1) is 0 Å². The summed E-state index contributed by atoms with van der Waals surface area (Å²) in [4.78, 5) is 0. The Morgan fingerprint density at radius 3 is 2.60 bits per heavy atom.